The predicted molar refractivity (Wildman–Crippen MR) is 136 cm³/mol. The smallest absolute Gasteiger partial charge is 0.358 e. The molecule has 0 aliphatic carbocycles. The molecule has 0 spiro atoms. The lowest BCUT2D eigenvalue weighted by atomic mass is 9.89. The van der Waals surface area contributed by atoms with Crippen LogP contribution in [0, 0.1) is 6.92 Å². The maximum Gasteiger partial charge on any atom is 0.418 e. The van der Waals surface area contributed by atoms with E-state index in [1.54, 1.807) is 0 Å². The summed E-state index contributed by atoms with van der Waals surface area (Å²) in [6.45, 7) is 12.9. The topological polar surface area (TPSA) is 78.3 Å². The minimum Gasteiger partial charge on any atom is -0.358 e. The molecular weight excluding hydrogens is 505 g/mol. The fraction of sp³-hybridized carbons (Fsp3) is 0.407. The van der Waals surface area contributed by atoms with Gasteiger partial charge in [-0.2, -0.15) is 26.6 Å². The highest BCUT2D eigenvalue weighted by molar-refractivity contribution is 7.87. The normalized spacial score (nSPS) is 12.6. The van der Waals surface area contributed by atoms with Gasteiger partial charge in [0.2, 0.25) is 5.88 Å². The molecule has 1 heterocycles. The molecule has 200 valence electrons. The van der Waals surface area contributed by atoms with Crippen LogP contribution in [0.15, 0.2) is 52.2 Å². The fourth-order valence-corrected chi connectivity index (χ4v) is 5.71. The third-order valence-corrected chi connectivity index (χ3v) is 7.40. The minimum absolute atomic E-state index is 0.0212. The maximum atomic E-state index is 13.6. The first-order valence-corrected chi connectivity index (χ1v) is 13.3. The molecule has 0 saturated carbocycles. The number of hydrogen-bond acceptors (Lipinski definition) is 5. The summed E-state index contributed by atoms with van der Waals surface area (Å²) >= 11 is 0. The van der Waals surface area contributed by atoms with Crippen LogP contribution in [-0.2, 0) is 16.3 Å². The first-order valence-electron chi connectivity index (χ1n) is 11.9. The minimum atomic E-state index is -4.70. The van der Waals surface area contributed by atoms with E-state index in [-0.39, 0.29) is 28.5 Å². The summed E-state index contributed by atoms with van der Waals surface area (Å²) in [5, 5.41) is 0. The van der Waals surface area contributed by atoms with E-state index in [0.29, 0.717) is 11.1 Å². The van der Waals surface area contributed by atoms with Crippen molar-refractivity contribution in [1.82, 2.24) is 9.55 Å². The Balaban J connectivity index is 2.16. The number of halogens is 3. The van der Waals surface area contributed by atoms with Gasteiger partial charge in [0.15, 0.2) is 0 Å². The van der Waals surface area contributed by atoms with E-state index < -0.39 is 39.0 Å². The van der Waals surface area contributed by atoms with E-state index in [2.05, 4.69) is 4.98 Å². The number of para-hydroxylation sites is 1. The van der Waals surface area contributed by atoms with Crippen LogP contribution in [0.1, 0.15) is 87.4 Å². The molecule has 37 heavy (non-hydrogen) atoms. The summed E-state index contributed by atoms with van der Waals surface area (Å²) in [5.41, 5.74) is -0.174. The largest absolute Gasteiger partial charge is 0.418 e. The van der Waals surface area contributed by atoms with Gasteiger partial charge in [0, 0.05) is 0 Å². The zero-order chi connectivity index (χ0) is 27.9. The number of rotatable bonds is 7. The van der Waals surface area contributed by atoms with Crippen molar-refractivity contribution in [1.29, 1.82) is 0 Å². The number of alkyl halides is 3. The van der Waals surface area contributed by atoms with E-state index in [4.69, 9.17) is 4.18 Å². The molecule has 0 aliphatic heterocycles. The van der Waals surface area contributed by atoms with Gasteiger partial charge in [-0.3, -0.25) is 9.36 Å². The maximum absolute atomic E-state index is 13.6. The van der Waals surface area contributed by atoms with E-state index in [9.17, 15) is 26.4 Å². The first-order chi connectivity index (χ1) is 17.0. The Morgan fingerprint density at radius 2 is 1.43 bits per heavy atom. The number of aromatic nitrogens is 2. The van der Waals surface area contributed by atoms with Crippen LogP contribution in [0.3, 0.4) is 0 Å². The van der Waals surface area contributed by atoms with Crippen LogP contribution in [0.4, 0.5) is 13.2 Å². The molecule has 0 aliphatic rings. The Kier molecular flexibility index (Phi) is 7.93. The van der Waals surface area contributed by atoms with E-state index >= 15 is 0 Å². The van der Waals surface area contributed by atoms with Crippen molar-refractivity contribution in [2.45, 2.75) is 77.3 Å². The lowest BCUT2D eigenvalue weighted by Crippen LogP contribution is -2.25. The number of hydrogen-bond donors (Lipinski definition) is 0. The second-order valence-electron chi connectivity index (χ2n) is 9.86. The van der Waals surface area contributed by atoms with Crippen molar-refractivity contribution in [3.8, 4) is 11.6 Å². The van der Waals surface area contributed by atoms with Gasteiger partial charge in [0.05, 0.1) is 17.3 Å². The standard InChI is InChI=1S/C27H31F3N2O4S/c1-15(2)19-12-20(16(3)4)26(21(13-19)17(5)6)37(34,35)36-24-14-25(33)32(18(7)31-24)23-11-9-8-10-22(23)27(28,29)30/h8-17H,1-7H3. The second kappa shape index (κ2) is 10.3. The SMILES string of the molecule is Cc1nc(OS(=O)(=O)c2c(C(C)C)cc(C(C)C)cc2C(C)C)cc(=O)n1-c1ccccc1C(F)(F)F. The number of benzene rings is 2. The van der Waals surface area contributed by atoms with Crippen LogP contribution in [0.5, 0.6) is 5.88 Å². The van der Waals surface area contributed by atoms with Gasteiger partial charge in [-0.05, 0) is 53.5 Å². The summed E-state index contributed by atoms with van der Waals surface area (Å²) in [6.07, 6.45) is -4.70. The Morgan fingerprint density at radius 1 is 0.892 bits per heavy atom. The lowest BCUT2D eigenvalue weighted by molar-refractivity contribution is -0.137. The molecule has 0 fully saturated rings. The highest BCUT2D eigenvalue weighted by atomic mass is 32.2. The molecule has 1 aromatic heterocycles. The molecule has 0 atom stereocenters. The third kappa shape index (κ3) is 5.89. The van der Waals surface area contributed by atoms with Gasteiger partial charge in [-0.15, -0.1) is 0 Å². The molecule has 0 N–H and O–H groups in total. The van der Waals surface area contributed by atoms with Gasteiger partial charge >= 0.3 is 16.3 Å². The van der Waals surface area contributed by atoms with Gasteiger partial charge in [0.1, 0.15) is 10.7 Å². The molecule has 0 bridgehead atoms. The molecule has 0 saturated heterocycles. The van der Waals surface area contributed by atoms with E-state index in [1.807, 2.05) is 53.7 Å². The second-order valence-corrected chi connectivity index (χ2v) is 11.3. The van der Waals surface area contributed by atoms with Gasteiger partial charge < -0.3 is 4.18 Å². The molecular formula is C27H31F3N2O4S. The molecule has 10 heteroatoms. The van der Waals surface area contributed by atoms with Crippen LogP contribution >= 0.6 is 0 Å². The van der Waals surface area contributed by atoms with Gasteiger partial charge in [-0.25, -0.2) is 0 Å². The molecule has 2 aromatic carbocycles. The van der Waals surface area contributed by atoms with E-state index in [0.717, 1.165) is 28.3 Å². The molecule has 3 rings (SSSR count). The Hall–Kier alpha value is -3.14. The summed E-state index contributed by atoms with van der Waals surface area (Å²) in [5.74, 6) is -0.792. The monoisotopic (exact) mass is 536 g/mol. The van der Waals surface area contributed by atoms with Crippen LogP contribution in [-0.4, -0.2) is 18.0 Å². The van der Waals surface area contributed by atoms with Gasteiger partial charge in [-0.1, -0.05) is 65.8 Å². The predicted octanol–water partition coefficient (Wildman–Crippen LogP) is 6.70. The summed E-state index contributed by atoms with van der Waals surface area (Å²) in [6, 6.07) is 9.07. The quantitative estimate of drug-likeness (QED) is 0.314. The van der Waals surface area contributed by atoms with Crippen molar-refractivity contribution >= 4 is 10.1 Å². The average Bonchev–Trinajstić information content (AvgIpc) is 2.76. The third-order valence-electron chi connectivity index (χ3n) is 6.04. The lowest BCUT2D eigenvalue weighted by Gasteiger charge is -2.22. The Labute approximate surface area is 215 Å². The van der Waals surface area contributed by atoms with Crippen molar-refractivity contribution in [3.63, 3.8) is 0 Å². The summed E-state index contributed by atoms with van der Waals surface area (Å²) in [4.78, 5) is 17.0. The molecule has 6 nitrogen and oxygen atoms in total. The highest BCUT2D eigenvalue weighted by Crippen LogP contribution is 2.37. The average molecular weight is 537 g/mol. The molecule has 0 amide bonds. The van der Waals surface area contributed by atoms with Crippen LogP contribution in [0.25, 0.3) is 5.69 Å². The first kappa shape index (κ1) is 28.4. The van der Waals surface area contributed by atoms with Crippen LogP contribution in [0.2, 0.25) is 0 Å². The fourth-order valence-electron chi connectivity index (χ4n) is 4.15. The van der Waals surface area contributed by atoms with Crippen LogP contribution < -0.4 is 9.74 Å². The summed E-state index contributed by atoms with van der Waals surface area (Å²) in [7, 11) is -4.44. The zero-order valence-electron chi connectivity index (χ0n) is 21.8. The van der Waals surface area contributed by atoms with E-state index in [1.165, 1.54) is 19.1 Å². The molecule has 0 unspecified atom stereocenters. The zero-order valence-corrected chi connectivity index (χ0v) is 22.7. The van der Waals surface area contributed by atoms with Crippen molar-refractivity contribution in [3.05, 3.63) is 80.9 Å². The Morgan fingerprint density at radius 3 is 1.89 bits per heavy atom. The molecule has 3 aromatic rings. The van der Waals surface area contributed by atoms with Crippen molar-refractivity contribution in [2.24, 2.45) is 0 Å². The Bertz CT molecular complexity index is 1440. The number of nitrogens with zero attached hydrogens (tertiary/aromatic N) is 2. The number of aryl methyl sites for hydroxylation is 1. The van der Waals surface area contributed by atoms with Crippen molar-refractivity contribution < 1.29 is 25.8 Å². The summed E-state index contributed by atoms with van der Waals surface area (Å²) < 4.78 is 73.9. The highest BCUT2D eigenvalue weighted by Gasteiger charge is 2.35. The van der Waals surface area contributed by atoms with Gasteiger partial charge in [0.25, 0.3) is 5.56 Å². The van der Waals surface area contributed by atoms with Crippen molar-refractivity contribution in [2.75, 3.05) is 0 Å². The molecule has 0 radical (unpaired) electrons.